The second kappa shape index (κ2) is 5.77. The highest BCUT2D eigenvalue weighted by Crippen LogP contribution is 2.52. The van der Waals surface area contributed by atoms with E-state index in [0.29, 0.717) is 23.3 Å². The van der Waals surface area contributed by atoms with Gasteiger partial charge in [-0.1, -0.05) is 26.0 Å². The summed E-state index contributed by atoms with van der Waals surface area (Å²) < 4.78 is 0. The minimum Gasteiger partial charge on any atom is -0.267 e. The smallest absolute Gasteiger partial charge is 0.267 e. The maximum Gasteiger partial charge on any atom is 0.271 e. The molecule has 5 rings (SSSR count). The first-order valence-electron chi connectivity index (χ1n) is 9.08. The third-order valence-corrected chi connectivity index (χ3v) is 6.10. The number of carbonyl (C=O) groups is 1. The molecule has 1 aromatic rings. The molecule has 122 valence electrons. The van der Waals surface area contributed by atoms with Gasteiger partial charge in [0, 0.05) is 11.3 Å². The quantitative estimate of drug-likeness (QED) is 0.828. The van der Waals surface area contributed by atoms with E-state index < -0.39 is 0 Å². The van der Waals surface area contributed by atoms with Crippen LogP contribution < -0.4 is 5.43 Å². The van der Waals surface area contributed by atoms with E-state index >= 15 is 0 Å². The lowest BCUT2D eigenvalue weighted by atomic mass is 9.55. The number of benzene rings is 1. The largest absolute Gasteiger partial charge is 0.271 e. The highest BCUT2D eigenvalue weighted by Gasteiger charge is 2.46. The highest BCUT2D eigenvalue weighted by molar-refractivity contribution is 5.96. The van der Waals surface area contributed by atoms with Gasteiger partial charge in [0.15, 0.2) is 0 Å². The van der Waals surface area contributed by atoms with E-state index in [9.17, 15) is 4.79 Å². The van der Waals surface area contributed by atoms with E-state index in [1.165, 1.54) is 43.4 Å². The van der Waals surface area contributed by atoms with Crippen LogP contribution in [0, 0.1) is 23.7 Å². The van der Waals surface area contributed by atoms with Crippen LogP contribution in [0.2, 0.25) is 0 Å². The standard InChI is InChI=1S/C20H26N2O/c1-12(2)15-3-5-16(6-4-15)20(23)22-21-19-17-8-13-7-14(10-17)11-18(19)9-13/h3-6,12-14,17-18H,7-11H2,1-2H3,(H,22,23). The Morgan fingerprint density at radius 1 is 1.00 bits per heavy atom. The minimum absolute atomic E-state index is 0.0818. The van der Waals surface area contributed by atoms with Crippen LogP contribution in [0.3, 0.4) is 0 Å². The first-order chi connectivity index (χ1) is 11.1. The number of carbonyl (C=O) groups excluding carboxylic acids is 1. The summed E-state index contributed by atoms with van der Waals surface area (Å²) >= 11 is 0. The van der Waals surface area contributed by atoms with Crippen LogP contribution in [-0.2, 0) is 0 Å². The number of nitrogens with zero attached hydrogens (tertiary/aromatic N) is 1. The van der Waals surface area contributed by atoms with Gasteiger partial charge in [-0.3, -0.25) is 4.79 Å². The van der Waals surface area contributed by atoms with Gasteiger partial charge < -0.3 is 0 Å². The summed E-state index contributed by atoms with van der Waals surface area (Å²) in [7, 11) is 0. The van der Waals surface area contributed by atoms with E-state index in [1.807, 2.05) is 24.3 Å². The van der Waals surface area contributed by atoms with Crippen LogP contribution in [0.4, 0.5) is 0 Å². The van der Waals surface area contributed by atoms with Gasteiger partial charge in [0.05, 0.1) is 0 Å². The van der Waals surface area contributed by atoms with Crippen molar-refractivity contribution < 1.29 is 4.79 Å². The molecular weight excluding hydrogens is 284 g/mol. The number of nitrogens with one attached hydrogen (secondary N) is 1. The molecule has 0 spiro atoms. The van der Waals surface area contributed by atoms with Gasteiger partial charge >= 0.3 is 0 Å². The average Bonchev–Trinajstić information content (AvgIpc) is 2.53. The molecule has 3 heteroatoms. The van der Waals surface area contributed by atoms with Crippen molar-refractivity contribution in [2.24, 2.45) is 28.8 Å². The summed E-state index contributed by atoms with van der Waals surface area (Å²) in [5, 5.41) is 4.57. The van der Waals surface area contributed by atoms with Gasteiger partial charge in [-0.05, 0) is 79.4 Å². The van der Waals surface area contributed by atoms with Gasteiger partial charge in [-0.25, -0.2) is 5.43 Å². The highest BCUT2D eigenvalue weighted by atomic mass is 16.2. The van der Waals surface area contributed by atoms with E-state index in [0.717, 1.165) is 11.8 Å². The average molecular weight is 310 g/mol. The molecule has 0 aliphatic heterocycles. The molecule has 4 saturated carbocycles. The van der Waals surface area contributed by atoms with Gasteiger partial charge in [0.25, 0.3) is 5.91 Å². The number of hydrogen-bond donors (Lipinski definition) is 1. The molecule has 1 aromatic carbocycles. The van der Waals surface area contributed by atoms with E-state index in [1.54, 1.807) is 0 Å². The lowest BCUT2D eigenvalue weighted by molar-refractivity contribution is 0.0942. The summed E-state index contributed by atoms with van der Waals surface area (Å²) in [4.78, 5) is 12.3. The summed E-state index contributed by atoms with van der Waals surface area (Å²) in [5.41, 5.74) is 6.06. The zero-order chi connectivity index (χ0) is 16.0. The molecule has 1 N–H and O–H groups in total. The predicted molar refractivity (Wildman–Crippen MR) is 92.5 cm³/mol. The third kappa shape index (κ3) is 2.82. The molecule has 0 aromatic heterocycles. The Bertz CT molecular complexity index is 600. The monoisotopic (exact) mass is 310 g/mol. The molecule has 0 heterocycles. The Morgan fingerprint density at radius 2 is 1.57 bits per heavy atom. The molecule has 4 aliphatic rings. The Balaban J connectivity index is 1.45. The first-order valence-corrected chi connectivity index (χ1v) is 9.08. The Labute approximate surface area is 138 Å². The van der Waals surface area contributed by atoms with Crippen molar-refractivity contribution in [2.75, 3.05) is 0 Å². The molecule has 0 atom stereocenters. The van der Waals surface area contributed by atoms with Gasteiger partial charge in [0.2, 0.25) is 0 Å². The van der Waals surface area contributed by atoms with Crippen LogP contribution in [0.15, 0.2) is 29.4 Å². The SMILES string of the molecule is CC(C)c1ccc(C(=O)NN=C2C3CC4CC(C3)CC2C4)cc1. The van der Waals surface area contributed by atoms with Crippen molar-refractivity contribution in [3.63, 3.8) is 0 Å². The van der Waals surface area contributed by atoms with Crippen LogP contribution >= 0.6 is 0 Å². The fourth-order valence-corrected chi connectivity index (χ4v) is 5.05. The second-order valence-corrected chi connectivity index (χ2v) is 8.06. The molecule has 0 saturated heterocycles. The van der Waals surface area contributed by atoms with Gasteiger partial charge in [-0.2, -0.15) is 5.10 Å². The minimum atomic E-state index is -0.0818. The van der Waals surface area contributed by atoms with Crippen molar-refractivity contribution in [1.29, 1.82) is 0 Å². The van der Waals surface area contributed by atoms with E-state index in [-0.39, 0.29) is 5.91 Å². The van der Waals surface area contributed by atoms with E-state index in [2.05, 4.69) is 24.4 Å². The molecule has 0 unspecified atom stereocenters. The Hall–Kier alpha value is -1.64. The molecule has 4 fully saturated rings. The number of rotatable bonds is 3. The van der Waals surface area contributed by atoms with Crippen molar-refractivity contribution in [2.45, 2.75) is 51.9 Å². The zero-order valence-corrected chi connectivity index (χ0v) is 14.1. The molecule has 4 bridgehead atoms. The lowest BCUT2D eigenvalue weighted by Gasteiger charge is -2.50. The molecule has 0 radical (unpaired) electrons. The van der Waals surface area contributed by atoms with Crippen LogP contribution in [0.25, 0.3) is 0 Å². The zero-order valence-electron chi connectivity index (χ0n) is 14.1. The van der Waals surface area contributed by atoms with Gasteiger partial charge in [-0.15, -0.1) is 0 Å². The fourth-order valence-electron chi connectivity index (χ4n) is 5.05. The summed E-state index contributed by atoms with van der Waals surface area (Å²) in [6, 6.07) is 7.88. The lowest BCUT2D eigenvalue weighted by Crippen LogP contribution is -2.46. The molecule has 4 aliphatic carbocycles. The van der Waals surface area contributed by atoms with Crippen molar-refractivity contribution in [3.05, 3.63) is 35.4 Å². The Morgan fingerprint density at radius 3 is 2.09 bits per heavy atom. The predicted octanol–water partition coefficient (Wildman–Crippen LogP) is 4.35. The summed E-state index contributed by atoms with van der Waals surface area (Å²) in [5.74, 6) is 3.53. The second-order valence-electron chi connectivity index (χ2n) is 8.06. The number of hydrogen-bond acceptors (Lipinski definition) is 2. The maximum atomic E-state index is 12.3. The van der Waals surface area contributed by atoms with Crippen LogP contribution in [0.1, 0.15) is 67.8 Å². The number of hydrazone groups is 1. The van der Waals surface area contributed by atoms with Crippen molar-refractivity contribution >= 4 is 11.6 Å². The van der Waals surface area contributed by atoms with Crippen molar-refractivity contribution in [3.8, 4) is 0 Å². The van der Waals surface area contributed by atoms with Gasteiger partial charge in [0.1, 0.15) is 0 Å². The third-order valence-electron chi connectivity index (χ3n) is 6.10. The van der Waals surface area contributed by atoms with Crippen molar-refractivity contribution in [1.82, 2.24) is 5.43 Å². The number of amides is 1. The summed E-state index contributed by atoms with van der Waals surface area (Å²) in [6.07, 6.45) is 6.62. The van der Waals surface area contributed by atoms with Crippen LogP contribution in [0.5, 0.6) is 0 Å². The molecule has 1 amide bonds. The molecular formula is C20H26N2O. The van der Waals surface area contributed by atoms with Crippen LogP contribution in [-0.4, -0.2) is 11.6 Å². The van der Waals surface area contributed by atoms with E-state index in [4.69, 9.17) is 0 Å². The maximum absolute atomic E-state index is 12.3. The first kappa shape index (κ1) is 14.9. The normalized spacial score (nSPS) is 31.5. The Kier molecular flexibility index (Phi) is 3.74. The topological polar surface area (TPSA) is 41.5 Å². The fraction of sp³-hybridized carbons (Fsp3) is 0.600. The molecule has 3 nitrogen and oxygen atoms in total. The summed E-state index contributed by atoms with van der Waals surface area (Å²) in [6.45, 7) is 4.32. The molecule has 23 heavy (non-hydrogen) atoms.